The van der Waals surface area contributed by atoms with Gasteiger partial charge in [-0.05, 0) is 45.7 Å². The third-order valence-corrected chi connectivity index (χ3v) is 3.81. The van der Waals surface area contributed by atoms with E-state index in [0.29, 0.717) is 12.4 Å². The van der Waals surface area contributed by atoms with Crippen LogP contribution in [0.25, 0.3) is 11.5 Å². The van der Waals surface area contributed by atoms with Gasteiger partial charge in [0.05, 0.1) is 6.54 Å². The molecule has 7 heteroatoms. The second-order valence-corrected chi connectivity index (χ2v) is 6.04. The molecule has 150 valence electrons. The summed E-state index contributed by atoms with van der Waals surface area (Å²) in [6.45, 7) is 9.88. The molecule has 2 aromatic rings. The van der Waals surface area contributed by atoms with Gasteiger partial charge < -0.3 is 19.8 Å². The average Bonchev–Trinajstić information content (AvgIpc) is 3.12. The molecule has 2 N–H and O–H groups in total. The van der Waals surface area contributed by atoms with Gasteiger partial charge >= 0.3 is 0 Å². The van der Waals surface area contributed by atoms with Crippen LogP contribution in [0.5, 0.6) is 0 Å². The highest BCUT2D eigenvalue weighted by Crippen LogP contribution is 2.19. The standard InChI is InChI=1S/C20H30N4O2.HI/c1-4-21-20(22-12-6-7-13-25-5-2)23-14-18-15-26-19(24-18)17-10-8-16(3)9-11-17;/h8-11,15H,4-7,12-14H2,1-3H3,(H2,21,22,23);1H. The number of aryl methyl sites for hydroxylation is 1. The van der Waals surface area contributed by atoms with Crippen molar-refractivity contribution in [2.45, 2.75) is 40.2 Å². The number of aromatic nitrogens is 1. The second-order valence-electron chi connectivity index (χ2n) is 6.04. The lowest BCUT2D eigenvalue weighted by Gasteiger charge is -2.10. The van der Waals surface area contributed by atoms with Crippen LogP contribution in [0.1, 0.15) is 37.9 Å². The van der Waals surface area contributed by atoms with E-state index in [-0.39, 0.29) is 24.0 Å². The number of nitrogens with one attached hydrogen (secondary N) is 2. The van der Waals surface area contributed by atoms with Crippen LogP contribution in [-0.2, 0) is 11.3 Å². The van der Waals surface area contributed by atoms with Crippen molar-refractivity contribution in [1.29, 1.82) is 0 Å². The summed E-state index contributed by atoms with van der Waals surface area (Å²) >= 11 is 0. The molecule has 2 rings (SSSR count). The summed E-state index contributed by atoms with van der Waals surface area (Å²) in [7, 11) is 0. The van der Waals surface area contributed by atoms with Gasteiger partial charge in [-0.15, -0.1) is 24.0 Å². The Bertz CT molecular complexity index is 671. The molecule has 1 aromatic carbocycles. The molecule has 0 radical (unpaired) electrons. The summed E-state index contributed by atoms with van der Waals surface area (Å²) in [5.74, 6) is 1.42. The van der Waals surface area contributed by atoms with Crippen LogP contribution in [0, 0.1) is 6.92 Å². The third-order valence-electron chi connectivity index (χ3n) is 3.81. The molecule has 0 aliphatic heterocycles. The Hall–Kier alpha value is -1.61. The normalized spacial score (nSPS) is 11.1. The first-order valence-electron chi connectivity index (χ1n) is 9.34. The zero-order valence-electron chi connectivity index (χ0n) is 16.5. The maximum absolute atomic E-state index is 5.58. The summed E-state index contributed by atoms with van der Waals surface area (Å²) in [5, 5.41) is 6.59. The van der Waals surface area contributed by atoms with E-state index < -0.39 is 0 Å². The van der Waals surface area contributed by atoms with Gasteiger partial charge in [0.25, 0.3) is 0 Å². The predicted octanol–water partition coefficient (Wildman–Crippen LogP) is 4.14. The molecule has 0 unspecified atom stereocenters. The lowest BCUT2D eigenvalue weighted by molar-refractivity contribution is 0.143. The minimum absolute atomic E-state index is 0. The van der Waals surface area contributed by atoms with Crippen LogP contribution in [0.2, 0.25) is 0 Å². The molecule has 0 aliphatic carbocycles. The van der Waals surface area contributed by atoms with Crippen LogP contribution >= 0.6 is 24.0 Å². The fraction of sp³-hybridized carbons (Fsp3) is 0.500. The van der Waals surface area contributed by atoms with E-state index in [1.54, 1.807) is 6.26 Å². The van der Waals surface area contributed by atoms with Crippen LogP contribution in [-0.4, -0.2) is 37.2 Å². The highest BCUT2D eigenvalue weighted by atomic mass is 127. The quantitative estimate of drug-likeness (QED) is 0.229. The molecule has 1 heterocycles. The fourth-order valence-electron chi connectivity index (χ4n) is 2.39. The SMILES string of the molecule is CCNC(=NCc1coc(-c2ccc(C)cc2)n1)NCCCCOCC.I. The Morgan fingerprint density at radius 3 is 2.63 bits per heavy atom. The van der Waals surface area contributed by atoms with E-state index in [9.17, 15) is 0 Å². The molecule has 0 amide bonds. The van der Waals surface area contributed by atoms with Gasteiger partial charge in [-0.2, -0.15) is 0 Å². The van der Waals surface area contributed by atoms with E-state index in [0.717, 1.165) is 56.4 Å². The molecule has 0 saturated carbocycles. The second kappa shape index (κ2) is 13.5. The molecule has 6 nitrogen and oxygen atoms in total. The minimum Gasteiger partial charge on any atom is -0.444 e. The number of halogens is 1. The zero-order chi connectivity index (χ0) is 18.6. The Morgan fingerprint density at radius 1 is 1.15 bits per heavy atom. The van der Waals surface area contributed by atoms with E-state index in [2.05, 4.69) is 46.6 Å². The first-order chi connectivity index (χ1) is 12.7. The van der Waals surface area contributed by atoms with Gasteiger partial charge in [0.2, 0.25) is 5.89 Å². The Labute approximate surface area is 179 Å². The van der Waals surface area contributed by atoms with E-state index in [4.69, 9.17) is 9.15 Å². The van der Waals surface area contributed by atoms with Crippen molar-refractivity contribution in [2.24, 2.45) is 4.99 Å². The number of unbranched alkanes of at least 4 members (excludes halogenated alkanes) is 1. The van der Waals surface area contributed by atoms with E-state index in [1.807, 2.05) is 19.1 Å². The average molecular weight is 486 g/mol. The smallest absolute Gasteiger partial charge is 0.226 e. The van der Waals surface area contributed by atoms with Crippen LogP contribution in [0.15, 0.2) is 39.9 Å². The monoisotopic (exact) mass is 486 g/mol. The van der Waals surface area contributed by atoms with E-state index >= 15 is 0 Å². The first-order valence-corrected chi connectivity index (χ1v) is 9.34. The minimum atomic E-state index is 0. The molecule has 0 aliphatic rings. The topological polar surface area (TPSA) is 71.7 Å². The molecule has 0 fully saturated rings. The molecular formula is C20H31IN4O2. The molecule has 1 aromatic heterocycles. The van der Waals surface area contributed by atoms with Crippen LogP contribution in [0.4, 0.5) is 0 Å². The van der Waals surface area contributed by atoms with Crippen molar-refractivity contribution in [2.75, 3.05) is 26.3 Å². The summed E-state index contributed by atoms with van der Waals surface area (Å²) < 4.78 is 10.9. The lowest BCUT2D eigenvalue weighted by Crippen LogP contribution is -2.37. The van der Waals surface area contributed by atoms with Gasteiger partial charge in [0.15, 0.2) is 5.96 Å². The lowest BCUT2D eigenvalue weighted by atomic mass is 10.1. The predicted molar refractivity (Wildman–Crippen MR) is 121 cm³/mol. The van der Waals surface area contributed by atoms with Gasteiger partial charge in [-0.25, -0.2) is 9.98 Å². The number of benzene rings is 1. The Balaban J connectivity index is 0.00000364. The first kappa shape index (κ1) is 23.4. The Morgan fingerprint density at radius 2 is 1.93 bits per heavy atom. The summed E-state index contributed by atoms with van der Waals surface area (Å²) in [6, 6.07) is 8.14. The number of rotatable bonds is 10. The number of ether oxygens (including phenoxy) is 1. The van der Waals surface area contributed by atoms with Crippen molar-refractivity contribution in [3.05, 3.63) is 41.8 Å². The van der Waals surface area contributed by atoms with Crippen LogP contribution in [0.3, 0.4) is 0 Å². The highest BCUT2D eigenvalue weighted by Gasteiger charge is 2.06. The fourth-order valence-corrected chi connectivity index (χ4v) is 2.39. The van der Waals surface area contributed by atoms with E-state index in [1.165, 1.54) is 5.56 Å². The van der Waals surface area contributed by atoms with Crippen LogP contribution < -0.4 is 10.6 Å². The highest BCUT2D eigenvalue weighted by molar-refractivity contribution is 14.0. The van der Waals surface area contributed by atoms with Crippen molar-refractivity contribution >= 4 is 29.9 Å². The number of aliphatic imine (C=N–C) groups is 1. The summed E-state index contributed by atoms with van der Waals surface area (Å²) in [5.41, 5.74) is 3.01. The van der Waals surface area contributed by atoms with Gasteiger partial charge in [-0.1, -0.05) is 17.7 Å². The number of hydrogen-bond donors (Lipinski definition) is 2. The largest absolute Gasteiger partial charge is 0.444 e. The van der Waals surface area contributed by atoms with Crippen molar-refractivity contribution < 1.29 is 9.15 Å². The third kappa shape index (κ3) is 8.75. The molecular weight excluding hydrogens is 455 g/mol. The van der Waals surface area contributed by atoms with Crippen molar-refractivity contribution in [1.82, 2.24) is 15.6 Å². The molecule has 0 spiro atoms. The maximum atomic E-state index is 5.58. The van der Waals surface area contributed by atoms with Gasteiger partial charge in [-0.3, -0.25) is 0 Å². The summed E-state index contributed by atoms with van der Waals surface area (Å²) in [4.78, 5) is 9.11. The summed E-state index contributed by atoms with van der Waals surface area (Å²) in [6.07, 6.45) is 3.76. The van der Waals surface area contributed by atoms with Crippen molar-refractivity contribution in [3.63, 3.8) is 0 Å². The number of oxazole rings is 1. The van der Waals surface area contributed by atoms with Gasteiger partial charge in [0.1, 0.15) is 12.0 Å². The molecule has 27 heavy (non-hydrogen) atoms. The number of nitrogens with zero attached hydrogens (tertiary/aromatic N) is 2. The van der Waals surface area contributed by atoms with Gasteiger partial charge in [0, 0.05) is 31.9 Å². The molecule has 0 atom stereocenters. The number of hydrogen-bond acceptors (Lipinski definition) is 4. The maximum Gasteiger partial charge on any atom is 0.226 e. The zero-order valence-corrected chi connectivity index (χ0v) is 18.8. The van der Waals surface area contributed by atoms with Crippen molar-refractivity contribution in [3.8, 4) is 11.5 Å². The number of guanidine groups is 1. The molecule has 0 bridgehead atoms. The Kier molecular flexibility index (Phi) is 11.8. The molecule has 0 saturated heterocycles.